The van der Waals surface area contributed by atoms with Crippen LogP contribution in [0.15, 0.2) is 30.6 Å². The number of nitrogens with zero attached hydrogens (tertiary/aromatic N) is 4. The molecule has 0 aliphatic rings. The fourth-order valence-corrected chi connectivity index (χ4v) is 3.40. The van der Waals surface area contributed by atoms with Gasteiger partial charge < -0.3 is 10.4 Å². The number of carboxylic acid groups (broad SMARTS) is 1. The summed E-state index contributed by atoms with van der Waals surface area (Å²) in [5.74, 6) is -0.559. The summed E-state index contributed by atoms with van der Waals surface area (Å²) < 4.78 is 0. The standard InChI is InChI=1S/C17H17N5O2S/c1-9(15-10(2)25-11(3)21-15)20-17-19-7-5-13(22-17)14-8-12(16(23)24)4-6-18-14/h4-9H,1-3H3,(H,23,24)(H,19,20,22)/t9-/m1/s1. The van der Waals surface area contributed by atoms with Crippen molar-refractivity contribution in [3.63, 3.8) is 0 Å². The van der Waals surface area contributed by atoms with E-state index in [0.29, 0.717) is 17.3 Å². The number of rotatable bonds is 5. The van der Waals surface area contributed by atoms with Crippen LogP contribution in [-0.4, -0.2) is 31.0 Å². The Bertz CT molecular complexity index is 925. The van der Waals surface area contributed by atoms with Crippen molar-refractivity contribution >= 4 is 23.3 Å². The van der Waals surface area contributed by atoms with Crippen molar-refractivity contribution in [2.45, 2.75) is 26.8 Å². The molecule has 3 rings (SSSR count). The van der Waals surface area contributed by atoms with Gasteiger partial charge in [-0.25, -0.2) is 19.7 Å². The maximum absolute atomic E-state index is 11.1. The van der Waals surface area contributed by atoms with Crippen molar-refractivity contribution < 1.29 is 9.90 Å². The highest BCUT2D eigenvalue weighted by atomic mass is 32.1. The summed E-state index contributed by atoms with van der Waals surface area (Å²) >= 11 is 1.65. The Morgan fingerprint density at radius 3 is 2.60 bits per heavy atom. The number of aromatic carboxylic acids is 1. The summed E-state index contributed by atoms with van der Waals surface area (Å²) in [5.41, 5.74) is 2.18. The third kappa shape index (κ3) is 3.80. The number of aryl methyl sites for hydroxylation is 2. The fraction of sp³-hybridized carbons (Fsp3) is 0.235. The zero-order chi connectivity index (χ0) is 18.0. The minimum atomic E-state index is -1.00. The molecule has 0 saturated heterocycles. The minimum absolute atomic E-state index is 0.0430. The number of hydrogen-bond acceptors (Lipinski definition) is 7. The van der Waals surface area contributed by atoms with Gasteiger partial charge in [0.05, 0.1) is 33.7 Å². The summed E-state index contributed by atoms with van der Waals surface area (Å²) in [6.45, 7) is 6.02. The molecular weight excluding hydrogens is 338 g/mol. The lowest BCUT2D eigenvalue weighted by molar-refractivity contribution is 0.0697. The maximum Gasteiger partial charge on any atom is 0.335 e. The predicted molar refractivity (Wildman–Crippen MR) is 95.8 cm³/mol. The molecule has 1 atom stereocenters. The second-order valence-corrected chi connectivity index (χ2v) is 6.95. The molecule has 2 N–H and O–H groups in total. The first-order valence-corrected chi connectivity index (χ1v) is 8.49. The van der Waals surface area contributed by atoms with Crippen LogP contribution in [0.25, 0.3) is 11.4 Å². The molecule has 0 amide bonds. The summed E-state index contributed by atoms with van der Waals surface area (Å²) in [5, 5.41) is 13.4. The molecule has 0 spiro atoms. The quantitative estimate of drug-likeness (QED) is 0.722. The molecule has 3 aromatic heterocycles. The van der Waals surface area contributed by atoms with Crippen molar-refractivity contribution in [2.75, 3.05) is 5.32 Å². The van der Waals surface area contributed by atoms with Gasteiger partial charge in [0.25, 0.3) is 0 Å². The molecule has 128 valence electrons. The third-order valence-corrected chi connectivity index (χ3v) is 4.52. The van der Waals surface area contributed by atoms with E-state index in [2.05, 4.69) is 25.3 Å². The zero-order valence-electron chi connectivity index (χ0n) is 14.0. The van der Waals surface area contributed by atoms with Gasteiger partial charge >= 0.3 is 5.97 Å². The largest absolute Gasteiger partial charge is 0.478 e. The maximum atomic E-state index is 11.1. The molecule has 0 saturated carbocycles. The van der Waals surface area contributed by atoms with E-state index < -0.39 is 5.97 Å². The highest BCUT2D eigenvalue weighted by Crippen LogP contribution is 2.25. The monoisotopic (exact) mass is 355 g/mol. The van der Waals surface area contributed by atoms with Crippen LogP contribution < -0.4 is 5.32 Å². The van der Waals surface area contributed by atoms with E-state index in [1.54, 1.807) is 23.6 Å². The number of nitrogens with one attached hydrogen (secondary N) is 1. The number of hydrogen-bond donors (Lipinski definition) is 2. The summed E-state index contributed by atoms with van der Waals surface area (Å²) in [6, 6.07) is 4.59. The van der Waals surface area contributed by atoms with Crippen molar-refractivity contribution in [1.29, 1.82) is 0 Å². The van der Waals surface area contributed by atoms with Gasteiger partial charge in [0.2, 0.25) is 5.95 Å². The van der Waals surface area contributed by atoms with Crippen molar-refractivity contribution in [1.82, 2.24) is 19.9 Å². The number of carboxylic acids is 1. The van der Waals surface area contributed by atoms with E-state index in [-0.39, 0.29) is 11.6 Å². The van der Waals surface area contributed by atoms with Crippen LogP contribution in [0.3, 0.4) is 0 Å². The van der Waals surface area contributed by atoms with Gasteiger partial charge in [-0.1, -0.05) is 0 Å². The summed E-state index contributed by atoms with van der Waals surface area (Å²) in [4.78, 5) is 29.7. The Balaban J connectivity index is 1.85. The normalized spacial score (nSPS) is 12.0. The lowest BCUT2D eigenvalue weighted by atomic mass is 10.2. The molecule has 25 heavy (non-hydrogen) atoms. The van der Waals surface area contributed by atoms with Crippen LogP contribution in [0.4, 0.5) is 5.95 Å². The second-order valence-electron chi connectivity index (χ2n) is 5.54. The molecule has 0 bridgehead atoms. The van der Waals surface area contributed by atoms with Gasteiger partial charge in [-0.3, -0.25) is 4.98 Å². The Hall–Kier alpha value is -2.87. The fourth-order valence-electron chi connectivity index (χ4n) is 2.48. The molecule has 0 aliphatic heterocycles. The number of anilines is 1. The van der Waals surface area contributed by atoms with Gasteiger partial charge in [-0.05, 0) is 39.0 Å². The lowest BCUT2D eigenvalue weighted by Crippen LogP contribution is -2.11. The molecule has 3 aromatic rings. The third-order valence-electron chi connectivity index (χ3n) is 3.62. The molecule has 3 heterocycles. The van der Waals surface area contributed by atoms with Gasteiger partial charge in [0.1, 0.15) is 0 Å². The number of aromatic nitrogens is 4. The molecule has 8 heteroatoms. The van der Waals surface area contributed by atoms with Gasteiger partial charge in [-0.15, -0.1) is 11.3 Å². The molecule has 0 fully saturated rings. The topological polar surface area (TPSA) is 101 Å². The van der Waals surface area contributed by atoms with Crippen LogP contribution in [0, 0.1) is 13.8 Å². The van der Waals surface area contributed by atoms with Crippen molar-refractivity contribution in [3.8, 4) is 11.4 Å². The Labute approximate surface area is 148 Å². The molecule has 0 radical (unpaired) electrons. The van der Waals surface area contributed by atoms with E-state index in [1.807, 2.05) is 20.8 Å². The summed E-state index contributed by atoms with van der Waals surface area (Å²) in [6.07, 6.45) is 3.07. The average Bonchev–Trinajstić information content (AvgIpc) is 2.94. The Morgan fingerprint density at radius 2 is 1.92 bits per heavy atom. The van der Waals surface area contributed by atoms with E-state index >= 15 is 0 Å². The van der Waals surface area contributed by atoms with E-state index in [9.17, 15) is 4.79 Å². The lowest BCUT2D eigenvalue weighted by Gasteiger charge is -2.13. The van der Waals surface area contributed by atoms with Crippen LogP contribution in [0.2, 0.25) is 0 Å². The van der Waals surface area contributed by atoms with Crippen LogP contribution in [0.1, 0.15) is 38.9 Å². The number of thiazole rings is 1. The number of carbonyl (C=O) groups is 1. The zero-order valence-corrected chi connectivity index (χ0v) is 14.8. The van der Waals surface area contributed by atoms with Crippen LogP contribution in [-0.2, 0) is 0 Å². The molecule has 0 aliphatic carbocycles. The predicted octanol–water partition coefficient (Wildman–Crippen LogP) is 3.48. The first kappa shape index (κ1) is 17.0. The molecule has 0 unspecified atom stereocenters. The first-order valence-electron chi connectivity index (χ1n) is 7.67. The SMILES string of the molecule is Cc1nc([C@@H](C)Nc2nccc(-c3cc(C(=O)O)ccn3)n2)c(C)s1. The second kappa shape index (κ2) is 6.94. The average molecular weight is 355 g/mol. The summed E-state index contributed by atoms with van der Waals surface area (Å²) in [7, 11) is 0. The van der Waals surface area contributed by atoms with Crippen molar-refractivity contribution in [2.24, 2.45) is 0 Å². The van der Waals surface area contributed by atoms with E-state index in [1.165, 1.54) is 18.3 Å². The van der Waals surface area contributed by atoms with Gasteiger partial charge in [0, 0.05) is 17.3 Å². The Morgan fingerprint density at radius 1 is 1.16 bits per heavy atom. The highest BCUT2D eigenvalue weighted by molar-refractivity contribution is 7.11. The van der Waals surface area contributed by atoms with Gasteiger partial charge in [-0.2, -0.15) is 0 Å². The smallest absolute Gasteiger partial charge is 0.335 e. The molecule has 7 nitrogen and oxygen atoms in total. The Kier molecular flexibility index (Phi) is 4.71. The van der Waals surface area contributed by atoms with Gasteiger partial charge in [0.15, 0.2) is 0 Å². The first-order chi connectivity index (χ1) is 11.9. The highest BCUT2D eigenvalue weighted by Gasteiger charge is 2.15. The van der Waals surface area contributed by atoms with E-state index in [4.69, 9.17) is 5.11 Å². The molecular formula is C17H17N5O2S. The minimum Gasteiger partial charge on any atom is -0.478 e. The van der Waals surface area contributed by atoms with Crippen LogP contribution >= 0.6 is 11.3 Å². The molecule has 0 aromatic carbocycles. The van der Waals surface area contributed by atoms with E-state index in [0.717, 1.165) is 15.6 Å². The van der Waals surface area contributed by atoms with Crippen molar-refractivity contribution in [3.05, 3.63) is 51.7 Å². The van der Waals surface area contributed by atoms with Crippen LogP contribution in [0.5, 0.6) is 0 Å². The number of pyridine rings is 1.